The number of nitrogens with zero attached hydrogens (tertiary/aromatic N) is 1. The number of likely N-dealkylation sites (N-methyl/N-ethyl adjacent to an activating group) is 1. The summed E-state index contributed by atoms with van der Waals surface area (Å²) < 4.78 is 0. The molecule has 0 aromatic carbocycles. The van der Waals surface area contributed by atoms with E-state index in [0.717, 1.165) is 0 Å². The Balaban J connectivity index is 3.65. The third-order valence-corrected chi connectivity index (χ3v) is 0.789. The summed E-state index contributed by atoms with van der Waals surface area (Å²) in [6.07, 6.45) is -1.12. The van der Waals surface area contributed by atoms with Crippen LogP contribution in [0.15, 0.2) is 0 Å². The zero-order chi connectivity index (χ0) is 6.73. The van der Waals surface area contributed by atoms with Crippen molar-refractivity contribution in [2.75, 3.05) is 14.1 Å². The van der Waals surface area contributed by atoms with E-state index in [0.29, 0.717) is 0 Å². The normalized spacial score (nSPS) is 13.0. The van der Waals surface area contributed by atoms with Crippen LogP contribution in [0, 0.1) is 0 Å². The van der Waals surface area contributed by atoms with Crippen LogP contribution < -0.4 is 0 Å². The fraction of sp³-hybridized carbons (Fsp3) is 0.800. The van der Waals surface area contributed by atoms with Crippen molar-refractivity contribution in [3.63, 3.8) is 0 Å². The maximum Gasteiger partial charge on any atom is 0.254 e. The summed E-state index contributed by atoms with van der Waals surface area (Å²) in [6.45, 7) is 1.34. The van der Waals surface area contributed by atoms with Crippen molar-refractivity contribution in [2.45, 2.75) is 13.0 Å². The van der Waals surface area contributed by atoms with Gasteiger partial charge in [0, 0.05) is 14.1 Å². The van der Waals surface area contributed by atoms with E-state index in [2.05, 4.69) is 0 Å². The fourth-order valence-corrected chi connectivity index (χ4v) is 0.364. The van der Waals surface area contributed by atoms with Crippen LogP contribution in [-0.4, -0.2) is 31.0 Å². The van der Waals surface area contributed by atoms with E-state index >= 15 is 0 Å². The van der Waals surface area contributed by atoms with Gasteiger partial charge in [0.05, 0.1) is 0 Å². The Labute approximate surface area is 48.9 Å². The van der Waals surface area contributed by atoms with Crippen molar-refractivity contribution in [1.29, 1.82) is 0 Å². The van der Waals surface area contributed by atoms with E-state index in [9.17, 15) is 9.90 Å². The second kappa shape index (κ2) is 2.67. The lowest BCUT2D eigenvalue weighted by atomic mass is 10.4. The molecule has 0 rings (SSSR count). The van der Waals surface area contributed by atoms with E-state index in [1.165, 1.54) is 11.8 Å². The van der Waals surface area contributed by atoms with Gasteiger partial charge >= 0.3 is 0 Å². The van der Waals surface area contributed by atoms with Crippen molar-refractivity contribution in [1.82, 2.24) is 4.90 Å². The summed E-state index contributed by atoms with van der Waals surface area (Å²) in [5.41, 5.74) is 0. The largest absolute Gasteiger partial charge is 0.346 e. The molecule has 47 valence electrons. The molecule has 0 N–H and O–H groups in total. The first-order valence-corrected chi connectivity index (χ1v) is 2.42. The van der Waals surface area contributed by atoms with E-state index in [4.69, 9.17) is 0 Å². The van der Waals surface area contributed by atoms with E-state index in [1.54, 1.807) is 14.1 Å². The minimum atomic E-state index is -1.12. The van der Waals surface area contributed by atoms with Gasteiger partial charge in [-0.15, -0.1) is 0 Å². The summed E-state index contributed by atoms with van der Waals surface area (Å²) in [5.74, 6) is -0.370. The lowest BCUT2D eigenvalue weighted by Crippen LogP contribution is -2.30. The molecule has 0 saturated carbocycles. The highest BCUT2D eigenvalue weighted by Gasteiger charge is 2.11. The van der Waals surface area contributed by atoms with Crippen LogP contribution in [0.4, 0.5) is 0 Å². The van der Waals surface area contributed by atoms with Gasteiger partial charge in [-0.1, -0.05) is 0 Å². The number of hydrogen-bond donors (Lipinski definition) is 0. The average Bonchev–Trinajstić information content (AvgIpc) is 1.64. The topological polar surface area (TPSA) is 40.2 Å². The maximum absolute atomic E-state index is 10.5. The molecule has 0 spiro atoms. The minimum Gasteiger partial charge on any atom is -0.346 e. The molecule has 1 atom stereocenters. The minimum absolute atomic E-state index is 0.370. The summed E-state index contributed by atoms with van der Waals surface area (Å²) in [6, 6.07) is 0. The molecule has 1 radical (unpaired) electrons. The Morgan fingerprint density at radius 3 is 1.88 bits per heavy atom. The third-order valence-electron chi connectivity index (χ3n) is 0.789. The van der Waals surface area contributed by atoms with Crippen LogP contribution >= 0.6 is 0 Å². The van der Waals surface area contributed by atoms with Crippen LogP contribution in [0.2, 0.25) is 0 Å². The standard InChI is InChI=1S/C5H10NO2/c1-4(7)5(8)6(2)3/h4H,1-3H3. The predicted molar refractivity (Wildman–Crippen MR) is 28.8 cm³/mol. The van der Waals surface area contributed by atoms with Crippen molar-refractivity contribution < 1.29 is 9.90 Å². The van der Waals surface area contributed by atoms with Crippen molar-refractivity contribution in [3.05, 3.63) is 0 Å². The molecular weight excluding hydrogens is 106 g/mol. The van der Waals surface area contributed by atoms with Gasteiger partial charge in [0.2, 0.25) is 0 Å². The van der Waals surface area contributed by atoms with Gasteiger partial charge in [0.15, 0.2) is 6.10 Å². The van der Waals surface area contributed by atoms with Gasteiger partial charge in [-0.05, 0) is 6.92 Å². The van der Waals surface area contributed by atoms with Crippen molar-refractivity contribution in [2.24, 2.45) is 0 Å². The number of carbonyl (C=O) groups excluding carboxylic acids is 1. The molecule has 1 unspecified atom stereocenters. The van der Waals surface area contributed by atoms with Crippen LogP contribution in [0.5, 0.6) is 0 Å². The molecular formula is C5H10NO2. The van der Waals surface area contributed by atoms with Crippen molar-refractivity contribution in [3.8, 4) is 0 Å². The first-order chi connectivity index (χ1) is 3.55. The summed E-state index contributed by atoms with van der Waals surface area (Å²) in [7, 11) is 3.13. The highest BCUT2D eigenvalue weighted by molar-refractivity contribution is 5.79. The molecule has 0 aromatic rings. The van der Waals surface area contributed by atoms with E-state index in [1.807, 2.05) is 0 Å². The van der Waals surface area contributed by atoms with Gasteiger partial charge < -0.3 is 4.90 Å². The number of carbonyl (C=O) groups is 1. The first-order valence-electron chi connectivity index (χ1n) is 2.42. The Morgan fingerprint density at radius 1 is 1.50 bits per heavy atom. The SMILES string of the molecule is CC([O])C(=O)N(C)C. The molecule has 0 fully saturated rings. The molecule has 0 saturated heterocycles. The maximum atomic E-state index is 10.5. The Kier molecular flexibility index (Phi) is 2.48. The summed E-state index contributed by atoms with van der Waals surface area (Å²) in [5, 5.41) is 10.3. The molecule has 3 heteroatoms. The van der Waals surface area contributed by atoms with Crippen molar-refractivity contribution >= 4 is 5.91 Å². The van der Waals surface area contributed by atoms with E-state index in [-0.39, 0.29) is 5.91 Å². The highest BCUT2D eigenvalue weighted by atomic mass is 16.3. The fourth-order valence-electron chi connectivity index (χ4n) is 0.364. The average molecular weight is 116 g/mol. The molecule has 1 amide bonds. The van der Waals surface area contributed by atoms with E-state index < -0.39 is 6.10 Å². The van der Waals surface area contributed by atoms with Gasteiger partial charge in [-0.3, -0.25) is 4.79 Å². The smallest absolute Gasteiger partial charge is 0.254 e. The van der Waals surface area contributed by atoms with Gasteiger partial charge in [-0.2, -0.15) is 0 Å². The molecule has 0 aliphatic carbocycles. The molecule has 3 nitrogen and oxygen atoms in total. The van der Waals surface area contributed by atoms with Gasteiger partial charge in [0.25, 0.3) is 5.91 Å². The van der Waals surface area contributed by atoms with Crippen LogP contribution in [0.3, 0.4) is 0 Å². The predicted octanol–water partition coefficient (Wildman–Crippen LogP) is -0.106. The van der Waals surface area contributed by atoms with Gasteiger partial charge in [0.1, 0.15) is 0 Å². The van der Waals surface area contributed by atoms with Crippen LogP contribution in [0.1, 0.15) is 6.92 Å². The van der Waals surface area contributed by atoms with Crippen LogP contribution in [0.25, 0.3) is 0 Å². The Bertz CT molecular complexity index is 78.4. The number of rotatable bonds is 1. The quantitative estimate of drug-likeness (QED) is 0.471. The lowest BCUT2D eigenvalue weighted by molar-refractivity contribution is -0.139. The Morgan fingerprint density at radius 2 is 1.88 bits per heavy atom. The first kappa shape index (κ1) is 7.43. The third kappa shape index (κ3) is 1.93. The number of hydrogen-bond acceptors (Lipinski definition) is 1. The zero-order valence-corrected chi connectivity index (χ0v) is 5.34. The second-order valence-corrected chi connectivity index (χ2v) is 1.87. The lowest BCUT2D eigenvalue weighted by Gasteiger charge is -2.09. The highest BCUT2D eigenvalue weighted by Crippen LogP contribution is 1.85. The molecule has 0 aromatic heterocycles. The molecule has 0 aliphatic rings. The molecule has 0 aliphatic heterocycles. The molecule has 0 heterocycles. The summed E-state index contributed by atoms with van der Waals surface area (Å²) >= 11 is 0. The second-order valence-electron chi connectivity index (χ2n) is 1.87. The Hall–Kier alpha value is -0.570. The molecule has 0 bridgehead atoms. The zero-order valence-electron chi connectivity index (χ0n) is 5.34. The summed E-state index contributed by atoms with van der Waals surface area (Å²) in [4.78, 5) is 11.7. The van der Waals surface area contributed by atoms with Crippen LogP contribution in [-0.2, 0) is 9.90 Å². The monoisotopic (exact) mass is 116 g/mol. The number of amides is 1. The molecule has 8 heavy (non-hydrogen) atoms. The van der Waals surface area contributed by atoms with Gasteiger partial charge in [-0.25, -0.2) is 5.11 Å².